The lowest BCUT2D eigenvalue weighted by Gasteiger charge is -2.21. The number of nitriles is 1. The normalized spacial score (nSPS) is 12.1. The fraction of sp³-hybridized carbons (Fsp3) is 0.211. The summed E-state index contributed by atoms with van der Waals surface area (Å²) in [6, 6.07) is 9.84. The molecule has 1 N–H and O–H groups in total. The predicted molar refractivity (Wildman–Crippen MR) is 95.1 cm³/mol. The van der Waals surface area contributed by atoms with Gasteiger partial charge in [-0.3, -0.25) is 4.79 Å². The summed E-state index contributed by atoms with van der Waals surface area (Å²) in [4.78, 5) is 20.2. The average molecular weight is 316 g/mol. The zero-order valence-electron chi connectivity index (χ0n) is 13.7. The Morgan fingerprint density at radius 1 is 1.17 bits per heavy atom. The molecule has 0 fully saturated rings. The van der Waals surface area contributed by atoms with Gasteiger partial charge in [0.15, 0.2) is 0 Å². The molecule has 4 aromatic rings. The first-order valence-electron chi connectivity index (χ1n) is 7.77. The van der Waals surface area contributed by atoms with Gasteiger partial charge in [-0.05, 0) is 26.8 Å². The third-order valence-electron chi connectivity index (χ3n) is 4.35. The molecule has 5 heteroatoms. The van der Waals surface area contributed by atoms with Gasteiger partial charge in [0.25, 0.3) is 5.56 Å². The molecule has 0 atom stereocenters. The molecular weight excluding hydrogens is 300 g/mol. The van der Waals surface area contributed by atoms with Crippen molar-refractivity contribution in [2.75, 3.05) is 0 Å². The van der Waals surface area contributed by atoms with Crippen LogP contribution in [-0.4, -0.2) is 14.5 Å². The van der Waals surface area contributed by atoms with Crippen LogP contribution < -0.4 is 5.56 Å². The van der Waals surface area contributed by atoms with E-state index in [2.05, 4.69) is 16.0 Å². The number of hydrogen-bond acceptors (Lipinski definition) is 3. The number of hydrogen-bond donors (Lipinski definition) is 1. The molecule has 0 aliphatic heterocycles. The Labute approximate surface area is 138 Å². The number of nitrogens with zero attached hydrogens (tertiary/aromatic N) is 3. The number of rotatable bonds is 0. The maximum absolute atomic E-state index is 12.7. The number of para-hydroxylation sites is 1. The van der Waals surface area contributed by atoms with E-state index < -0.39 is 0 Å². The van der Waals surface area contributed by atoms with Gasteiger partial charge < -0.3 is 9.55 Å². The lowest BCUT2D eigenvalue weighted by molar-refractivity contribution is 0.408. The van der Waals surface area contributed by atoms with E-state index in [1.807, 2.05) is 49.6 Å². The van der Waals surface area contributed by atoms with E-state index in [1.165, 1.54) is 0 Å². The largest absolute Gasteiger partial charge is 0.326 e. The second kappa shape index (κ2) is 4.68. The smallest absolute Gasteiger partial charge is 0.257 e. The van der Waals surface area contributed by atoms with Crippen molar-refractivity contribution in [2.45, 2.75) is 26.3 Å². The van der Waals surface area contributed by atoms with E-state index in [4.69, 9.17) is 0 Å². The first-order chi connectivity index (χ1) is 11.4. The number of fused-ring (bicyclic) bond motifs is 5. The second-order valence-corrected chi connectivity index (χ2v) is 6.94. The molecular formula is C19H16N4O. The van der Waals surface area contributed by atoms with Crippen molar-refractivity contribution in [3.63, 3.8) is 0 Å². The molecule has 0 amide bonds. The quantitative estimate of drug-likeness (QED) is 0.503. The van der Waals surface area contributed by atoms with E-state index in [0.717, 1.165) is 16.3 Å². The van der Waals surface area contributed by atoms with Crippen molar-refractivity contribution in [1.82, 2.24) is 14.5 Å². The fourth-order valence-electron chi connectivity index (χ4n) is 3.24. The van der Waals surface area contributed by atoms with Crippen molar-refractivity contribution >= 4 is 32.7 Å². The number of aromatic amines is 1. The highest BCUT2D eigenvalue weighted by Gasteiger charge is 2.22. The summed E-state index contributed by atoms with van der Waals surface area (Å²) in [6.45, 7) is 6.14. The lowest BCUT2D eigenvalue weighted by atomic mass is 10.0. The van der Waals surface area contributed by atoms with Gasteiger partial charge in [-0.15, -0.1) is 0 Å². The molecule has 0 spiro atoms. The number of nitrogens with one attached hydrogen (secondary N) is 1. The first kappa shape index (κ1) is 14.5. The van der Waals surface area contributed by atoms with E-state index in [-0.39, 0.29) is 11.1 Å². The maximum Gasteiger partial charge on any atom is 0.257 e. The van der Waals surface area contributed by atoms with Gasteiger partial charge in [0, 0.05) is 34.2 Å². The van der Waals surface area contributed by atoms with Gasteiger partial charge in [-0.25, -0.2) is 4.98 Å². The standard InChI is InChI=1S/C19H16N4O/c1-19(2,3)23-10-11(8-20)15-16-13(9-21-17(15)23)12-6-4-5-7-14(12)22-18(16)24/h4-7,9-10H,1-3H3,(H,22,24). The minimum Gasteiger partial charge on any atom is -0.326 e. The van der Waals surface area contributed by atoms with E-state index in [0.29, 0.717) is 22.0 Å². The minimum absolute atomic E-state index is 0.195. The molecule has 3 heterocycles. The van der Waals surface area contributed by atoms with Gasteiger partial charge >= 0.3 is 0 Å². The molecule has 5 nitrogen and oxygen atoms in total. The number of aromatic nitrogens is 3. The third-order valence-corrected chi connectivity index (χ3v) is 4.35. The third kappa shape index (κ3) is 1.86. The Hall–Kier alpha value is -3.13. The van der Waals surface area contributed by atoms with Gasteiger partial charge in [0.2, 0.25) is 0 Å². The molecule has 0 radical (unpaired) electrons. The van der Waals surface area contributed by atoms with Crippen LogP contribution in [0.3, 0.4) is 0 Å². The zero-order valence-corrected chi connectivity index (χ0v) is 13.7. The van der Waals surface area contributed by atoms with E-state index in [9.17, 15) is 10.1 Å². The van der Waals surface area contributed by atoms with Crippen molar-refractivity contribution < 1.29 is 0 Å². The van der Waals surface area contributed by atoms with Crippen molar-refractivity contribution in [3.05, 3.63) is 52.6 Å². The molecule has 0 aliphatic rings. The van der Waals surface area contributed by atoms with Crippen LogP contribution in [-0.2, 0) is 5.54 Å². The highest BCUT2D eigenvalue weighted by atomic mass is 16.1. The number of pyridine rings is 2. The predicted octanol–water partition coefficient (Wildman–Crippen LogP) is 3.66. The molecule has 0 saturated heterocycles. The van der Waals surface area contributed by atoms with Gasteiger partial charge in [0.1, 0.15) is 11.7 Å². The van der Waals surface area contributed by atoms with E-state index in [1.54, 1.807) is 12.4 Å². The average Bonchev–Trinajstić information content (AvgIpc) is 2.93. The van der Waals surface area contributed by atoms with Crippen molar-refractivity contribution in [3.8, 4) is 6.07 Å². The Morgan fingerprint density at radius 2 is 1.92 bits per heavy atom. The lowest BCUT2D eigenvalue weighted by Crippen LogP contribution is -2.21. The van der Waals surface area contributed by atoms with Crippen LogP contribution in [0.4, 0.5) is 0 Å². The van der Waals surface area contributed by atoms with Crippen molar-refractivity contribution in [1.29, 1.82) is 5.26 Å². The Bertz CT molecular complexity index is 1220. The van der Waals surface area contributed by atoms with Crippen molar-refractivity contribution in [2.24, 2.45) is 0 Å². The molecule has 3 aromatic heterocycles. The highest BCUT2D eigenvalue weighted by Crippen LogP contribution is 2.32. The Kier molecular flexibility index (Phi) is 2.82. The Morgan fingerprint density at radius 3 is 2.62 bits per heavy atom. The SMILES string of the molecule is CC(C)(C)n1cc(C#N)c2c3c(=O)[nH]c4ccccc4c3cnc21. The number of benzene rings is 1. The molecule has 24 heavy (non-hydrogen) atoms. The van der Waals surface area contributed by atoms with Gasteiger partial charge in [0.05, 0.1) is 16.3 Å². The molecule has 0 bridgehead atoms. The summed E-state index contributed by atoms with van der Waals surface area (Å²) in [6.07, 6.45) is 3.52. The van der Waals surface area contributed by atoms with Crippen LogP contribution in [0.5, 0.6) is 0 Å². The summed E-state index contributed by atoms with van der Waals surface area (Å²) < 4.78 is 1.95. The van der Waals surface area contributed by atoms with Gasteiger partial charge in [-0.2, -0.15) is 5.26 Å². The van der Waals surface area contributed by atoms with Gasteiger partial charge in [-0.1, -0.05) is 18.2 Å². The van der Waals surface area contributed by atoms with Crippen LogP contribution in [0.1, 0.15) is 26.3 Å². The summed E-state index contributed by atoms with van der Waals surface area (Å²) in [5.74, 6) is 0. The fourth-order valence-corrected chi connectivity index (χ4v) is 3.24. The molecule has 4 rings (SSSR count). The minimum atomic E-state index is -0.238. The summed E-state index contributed by atoms with van der Waals surface area (Å²) in [5, 5.41) is 12.4. The molecule has 0 saturated carbocycles. The van der Waals surface area contributed by atoms with Crippen LogP contribution in [0.2, 0.25) is 0 Å². The summed E-state index contributed by atoms with van der Waals surface area (Å²) in [5.41, 5.74) is 1.47. The maximum atomic E-state index is 12.7. The second-order valence-electron chi connectivity index (χ2n) is 6.94. The summed E-state index contributed by atoms with van der Waals surface area (Å²) in [7, 11) is 0. The van der Waals surface area contributed by atoms with Crippen LogP contribution >= 0.6 is 0 Å². The molecule has 0 unspecified atom stereocenters. The molecule has 1 aromatic carbocycles. The van der Waals surface area contributed by atoms with Crippen LogP contribution in [0.15, 0.2) is 41.5 Å². The zero-order chi connectivity index (χ0) is 17.1. The van der Waals surface area contributed by atoms with Crippen LogP contribution in [0.25, 0.3) is 32.7 Å². The topological polar surface area (TPSA) is 74.5 Å². The van der Waals surface area contributed by atoms with Crippen LogP contribution in [0, 0.1) is 11.3 Å². The summed E-state index contributed by atoms with van der Waals surface area (Å²) >= 11 is 0. The Balaban J connectivity index is 2.32. The van der Waals surface area contributed by atoms with E-state index >= 15 is 0 Å². The monoisotopic (exact) mass is 316 g/mol. The first-order valence-corrected chi connectivity index (χ1v) is 7.77. The molecule has 0 aliphatic carbocycles. The number of H-pyrrole nitrogens is 1. The highest BCUT2D eigenvalue weighted by molar-refractivity contribution is 6.15. The molecule has 118 valence electrons.